The van der Waals surface area contributed by atoms with Crippen molar-refractivity contribution < 1.29 is 14.7 Å². The Morgan fingerprint density at radius 2 is 1.73 bits per heavy atom. The van der Waals surface area contributed by atoms with Crippen molar-refractivity contribution >= 4 is 11.8 Å². The molecule has 3 aromatic rings. The van der Waals surface area contributed by atoms with Crippen LogP contribution in [0.25, 0.3) is 5.69 Å². The quantitative estimate of drug-likeness (QED) is 0.522. The van der Waals surface area contributed by atoms with Gasteiger partial charge in [0, 0.05) is 19.3 Å². The second kappa shape index (κ2) is 9.21. The van der Waals surface area contributed by atoms with E-state index in [1.807, 2.05) is 45.0 Å². The first-order valence-corrected chi connectivity index (χ1v) is 9.73. The van der Waals surface area contributed by atoms with E-state index in [4.69, 9.17) is 0 Å². The summed E-state index contributed by atoms with van der Waals surface area (Å²) in [5.74, 6) is -0.866. The van der Waals surface area contributed by atoms with E-state index in [1.54, 1.807) is 10.9 Å². The molecule has 0 radical (unpaired) electrons. The lowest BCUT2D eigenvalue weighted by molar-refractivity contribution is 0.0922. The minimum absolute atomic E-state index is 0.0507. The van der Waals surface area contributed by atoms with E-state index in [1.165, 1.54) is 18.3 Å². The fourth-order valence-corrected chi connectivity index (χ4v) is 3.08. The zero-order valence-corrected chi connectivity index (χ0v) is 17.2. The van der Waals surface area contributed by atoms with Gasteiger partial charge in [-0.25, -0.2) is 9.67 Å². The van der Waals surface area contributed by atoms with Gasteiger partial charge in [0.2, 0.25) is 0 Å². The maximum atomic E-state index is 12.7. The molecule has 0 atom stereocenters. The predicted molar refractivity (Wildman–Crippen MR) is 113 cm³/mol. The molecule has 0 fully saturated rings. The van der Waals surface area contributed by atoms with Crippen LogP contribution in [-0.2, 0) is 0 Å². The van der Waals surface area contributed by atoms with Crippen molar-refractivity contribution in [1.82, 2.24) is 25.4 Å². The summed E-state index contributed by atoms with van der Waals surface area (Å²) in [4.78, 5) is 28.6. The van der Waals surface area contributed by atoms with E-state index in [2.05, 4.69) is 20.7 Å². The number of pyridine rings is 1. The number of hydrogen-bond acceptors (Lipinski definition) is 5. The summed E-state index contributed by atoms with van der Waals surface area (Å²) >= 11 is 0. The molecular formula is C22H25N5O3. The Labute approximate surface area is 175 Å². The number of nitrogens with zero attached hydrogens (tertiary/aromatic N) is 3. The molecular weight excluding hydrogens is 382 g/mol. The van der Waals surface area contributed by atoms with Crippen molar-refractivity contribution in [2.24, 2.45) is 0 Å². The smallest absolute Gasteiger partial charge is 0.273 e. The van der Waals surface area contributed by atoms with E-state index in [0.29, 0.717) is 5.56 Å². The highest BCUT2D eigenvalue weighted by molar-refractivity contribution is 5.96. The Bertz CT molecular complexity index is 1040. The van der Waals surface area contributed by atoms with Gasteiger partial charge in [0.05, 0.1) is 23.1 Å². The molecule has 0 saturated heterocycles. The van der Waals surface area contributed by atoms with Crippen LogP contribution in [0.1, 0.15) is 51.9 Å². The van der Waals surface area contributed by atoms with Crippen LogP contribution in [0.4, 0.5) is 0 Å². The lowest BCUT2D eigenvalue weighted by Gasteiger charge is -2.13. The van der Waals surface area contributed by atoms with Gasteiger partial charge in [-0.3, -0.25) is 9.59 Å². The number of aromatic hydroxyl groups is 1. The highest BCUT2D eigenvalue weighted by Crippen LogP contribution is 2.23. The molecule has 0 saturated carbocycles. The molecule has 3 rings (SSSR count). The third kappa shape index (κ3) is 4.65. The first-order valence-electron chi connectivity index (χ1n) is 9.73. The minimum atomic E-state index is -0.502. The lowest BCUT2D eigenvalue weighted by atomic mass is 10.0. The number of rotatable bonds is 7. The summed E-state index contributed by atoms with van der Waals surface area (Å²) in [6.07, 6.45) is 2.99. The van der Waals surface area contributed by atoms with Crippen LogP contribution in [0.3, 0.4) is 0 Å². The molecule has 2 aromatic heterocycles. The van der Waals surface area contributed by atoms with Crippen LogP contribution in [-0.4, -0.2) is 44.8 Å². The first kappa shape index (κ1) is 21.0. The maximum absolute atomic E-state index is 12.7. The molecule has 2 amide bonds. The van der Waals surface area contributed by atoms with Crippen molar-refractivity contribution in [3.63, 3.8) is 0 Å². The molecule has 1 aromatic carbocycles. The number of amides is 2. The predicted octanol–water partition coefficient (Wildman–Crippen LogP) is 2.56. The van der Waals surface area contributed by atoms with Crippen LogP contribution >= 0.6 is 0 Å². The lowest BCUT2D eigenvalue weighted by Crippen LogP contribution is -2.35. The number of benzene rings is 1. The van der Waals surface area contributed by atoms with Crippen LogP contribution < -0.4 is 10.6 Å². The maximum Gasteiger partial charge on any atom is 0.273 e. The van der Waals surface area contributed by atoms with Gasteiger partial charge in [0.25, 0.3) is 11.8 Å². The number of aryl methyl sites for hydroxylation is 1. The molecule has 2 heterocycles. The number of aromatic nitrogens is 3. The van der Waals surface area contributed by atoms with Crippen molar-refractivity contribution in [3.05, 3.63) is 71.3 Å². The van der Waals surface area contributed by atoms with Crippen molar-refractivity contribution in [3.8, 4) is 11.4 Å². The molecule has 0 bridgehead atoms. The van der Waals surface area contributed by atoms with E-state index in [0.717, 1.165) is 16.9 Å². The van der Waals surface area contributed by atoms with E-state index in [-0.39, 0.29) is 36.4 Å². The monoisotopic (exact) mass is 407 g/mol. The summed E-state index contributed by atoms with van der Waals surface area (Å²) in [5, 5.41) is 19.5. The van der Waals surface area contributed by atoms with Gasteiger partial charge < -0.3 is 15.7 Å². The molecule has 8 nitrogen and oxygen atoms in total. The second-order valence-corrected chi connectivity index (χ2v) is 7.23. The fourth-order valence-electron chi connectivity index (χ4n) is 3.08. The van der Waals surface area contributed by atoms with Gasteiger partial charge in [0.15, 0.2) is 5.69 Å². The molecule has 0 spiro atoms. The molecule has 156 valence electrons. The van der Waals surface area contributed by atoms with Gasteiger partial charge in [-0.2, -0.15) is 5.10 Å². The van der Waals surface area contributed by atoms with Crippen LogP contribution in [0.5, 0.6) is 5.75 Å². The van der Waals surface area contributed by atoms with Crippen LogP contribution in [0.15, 0.2) is 48.8 Å². The zero-order valence-electron chi connectivity index (χ0n) is 17.2. The highest BCUT2D eigenvalue weighted by atomic mass is 16.3. The molecule has 0 aliphatic rings. The van der Waals surface area contributed by atoms with E-state index >= 15 is 0 Å². The fraction of sp³-hybridized carbons (Fsp3) is 0.273. The third-order valence-corrected chi connectivity index (χ3v) is 4.57. The molecule has 0 unspecified atom stereocenters. The Hall–Kier alpha value is -3.68. The summed E-state index contributed by atoms with van der Waals surface area (Å²) in [7, 11) is 0. The van der Waals surface area contributed by atoms with Crippen LogP contribution in [0.2, 0.25) is 0 Å². The van der Waals surface area contributed by atoms with E-state index in [9.17, 15) is 14.7 Å². The number of hydrogen-bond donors (Lipinski definition) is 3. The van der Waals surface area contributed by atoms with Gasteiger partial charge in [0.1, 0.15) is 5.75 Å². The Balaban J connectivity index is 1.63. The van der Waals surface area contributed by atoms with Gasteiger partial charge in [-0.1, -0.05) is 31.5 Å². The minimum Gasteiger partial charge on any atom is -0.505 e. The Morgan fingerprint density at radius 1 is 1.07 bits per heavy atom. The first-order chi connectivity index (χ1) is 14.4. The average molecular weight is 407 g/mol. The van der Waals surface area contributed by atoms with E-state index < -0.39 is 5.91 Å². The highest BCUT2D eigenvalue weighted by Gasteiger charge is 2.20. The largest absolute Gasteiger partial charge is 0.505 e. The standard InChI is InChI=1S/C22H25N5O3/c1-14(2)20-17(13-26-27(20)16-8-6-15(3)7-9-16)21(29)24-11-12-25-22(30)19-18(28)5-4-10-23-19/h4-10,13-14,28H,11-12H2,1-3H3,(H,24,29)(H,25,30). The summed E-state index contributed by atoms with van der Waals surface area (Å²) in [6, 6.07) is 10.9. The second-order valence-electron chi connectivity index (χ2n) is 7.23. The van der Waals surface area contributed by atoms with Crippen molar-refractivity contribution in [2.75, 3.05) is 13.1 Å². The average Bonchev–Trinajstić information content (AvgIpc) is 3.17. The van der Waals surface area contributed by atoms with Gasteiger partial charge in [-0.15, -0.1) is 0 Å². The number of carbonyl (C=O) groups is 2. The Kier molecular flexibility index (Phi) is 6.46. The summed E-state index contributed by atoms with van der Waals surface area (Å²) < 4.78 is 1.78. The topological polar surface area (TPSA) is 109 Å². The van der Waals surface area contributed by atoms with Crippen LogP contribution in [0, 0.1) is 6.92 Å². The zero-order chi connectivity index (χ0) is 21.7. The third-order valence-electron chi connectivity index (χ3n) is 4.57. The number of carbonyl (C=O) groups excluding carboxylic acids is 2. The molecule has 30 heavy (non-hydrogen) atoms. The van der Waals surface area contributed by atoms with Crippen molar-refractivity contribution in [1.29, 1.82) is 0 Å². The number of nitrogens with one attached hydrogen (secondary N) is 2. The van der Waals surface area contributed by atoms with Gasteiger partial charge in [-0.05, 0) is 37.1 Å². The SMILES string of the molecule is Cc1ccc(-n2ncc(C(=O)NCCNC(=O)c3ncccc3O)c2C(C)C)cc1. The normalized spacial score (nSPS) is 10.8. The molecule has 0 aliphatic heterocycles. The Morgan fingerprint density at radius 3 is 2.37 bits per heavy atom. The van der Waals surface area contributed by atoms with Crippen molar-refractivity contribution in [2.45, 2.75) is 26.7 Å². The summed E-state index contributed by atoms with van der Waals surface area (Å²) in [5.41, 5.74) is 3.31. The molecule has 0 aliphatic carbocycles. The molecule has 8 heteroatoms. The van der Waals surface area contributed by atoms with Gasteiger partial charge >= 0.3 is 0 Å². The summed E-state index contributed by atoms with van der Waals surface area (Å²) in [6.45, 7) is 6.47. The molecule has 3 N–H and O–H groups in total.